The van der Waals surface area contributed by atoms with E-state index in [9.17, 15) is 10.1 Å². The molecule has 136 valence electrons. The molecule has 2 aromatic rings. The summed E-state index contributed by atoms with van der Waals surface area (Å²) >= 11 is 1.56. The Labute approximate surface area is 158 Å². The van der Waals surface area contributed by atoms with Gasteiger partial charge in [0.25, 0.3) is 0 Å². The lowest BCUT2D eigenvalue weighted by molar-refractivity contribution is -0.116. The van der Waals surface area contributed by atoms with E-state index in [-0.39, 0.29) is 5.91 Å². The van der Waals surface area contributed by atoms with Crippen molar-refractivity contribution in [2.75, 3.05) is 26.0 Å². The van der Waals surface area contributed by atoms with Gasteiger partial charge in [-0.3, -0.25) is 4.79 Å². The van der Waals surface area contributed by atoms with E-state index in [0.717, 1.165) is 41.1 Å². The highest BCUT2D eigenvalue weighted by molar-refractivity contribution is 7.16. The SMILES string of the molecule is COc1ccccc1CN(C)CCC(=O)Nc1sc2c(c1C#N)CCC2. The van der Waals surface area contributed by atoms with Crippen LogP contribution in [0.3, 0.4) is 0 Å². The largest absolute Gasteiger partial charge is 0.496 e. The number of ether oxygens (including phenoxy) is 1. The summed E-state index contributed by atoms with van der Waals surface area (Å²) in [4.78, 5) is 15.7. The minimum Gasteiger partial charge on any atom is -0.496 e. The number of amides is 1. The smallest absolute Gasteiger partial charge is 0.226 e. The molecule has 6 heteroatoms. The second kappa shape index (κ2) is 8.35. The maximum atomic E-state index is 12.3. The van der Waals surface area contributed by atoms with Gasteiger partial charge in [0, 0.05) is 30.0 Å². The Balaban J connectivity index is 1.54. The number of methoxy groups -OCH3 is 1. The number of fused-ring (bicyclic) bond motifs is 1. The van der Waals surface area contributed by atoms with Crippen LogP contribution in [0.25, 0.3) is 0 Å². The Hall–Kier alpha value is -2.36. The van der Waals surface area contributed by atoms with Gasteiger partial charge in [-0.2, -0.15) is 5.26 Å². The van der Waals surface area contributed by atoms with Crippen LogP contribution in [0.1, 0.15) is 34.4 Å². The van der Waals surface area contributed by atoms with Gasteiger partial charge < -0.3 is 15.0 Å². The third kappa shape index (κ3) is 4.06. The normalized spacial score (nSPS) is 12.7. The van der Waals surface area contributed by atoms with Crippen LogP contribution in [-0.2, 0) is 24.2 Å². The van der Waals surface area contributed by atoms with Gasteiger partial charge in [0.15, 0.2) is 0 Å². The zero-order valence-corrected chi connectivity index (χ0v) is 16.0. The molecule has 26 heavy (non-hydrogen) atoms. The maximum Gasteiger partial charge on any atom is 0.226 e. The molecule has 0 fully saturated rings. The second-order valence-electron chi connectivity index (χ2n) is 6.52. The number of hydrogen-bond acceptors (Lipinski definition) is 5. The molecule has 0 aliphatic heterocycles. The van der Waals surface area contributed by atoms with E-state index in [4.69, 9.17) is 4.74 Å². The van der Waals surface area contributed by atoms with Crippen LogP contribution in [-0.4, -0.2) is 31.5 Å². The first kappa shape index (κ1) is 18.4. The molecule has 1 heterocycles. The van der Waals surface area contributed by atoms with Crippen LogP contribution < -0.4 is 10.1 Å². The van der Waals surface area contributed by atoms with Crippen LogP contribution in [0.4, 0.5) is 5.00 Å². The van der Waals surface area contributed by atoms with Gasteiger partial charge >= 0.3 is 0 Å². The number of anilines is 1. The number of rotatable bonds is 7. The molecule has 0 saturated heterocycles. The molecule has 1 aromatic carbocycles. The minimum absolute atomic E-state index is 0.0479. The molecular weight excluding hydrogens is 346 g/mol. The minimum atomic E-state index is -0.0479. The molecule has 3 rings (SSSR count). The number of nitriles is 1. The van der Waals surface area contributed by atoms with E-state index in [1.807, 2.05) is 31.3 Å². The second-order valence-corrected chi connectivity index (χ2v) is 7.63. The zero-order valence-electron chi connectivity index (χ0n) is 15.2. The molecule has 0 atom stereocenters. The van der Waals surface area contributed by atoms with Crippen LogP contribution in [0.2, 0.25) is 0 Å². The first-order valence-electron chi connectivity index (χ1n) is 8.77. The molecule has 1 amide bonds. The molecule has 0 unspecified atom stereocenters. The Bertz CT molecular complexity index is 838. The van der Waals surface area contributed by atoms with Crippen LogP contribution >= 0.6 is 11.3 Å². The molecule has 1 aliphatic rings. The Kier molecular flexibility index (Phi) is 5.92. The van der Waals surface area contributed by atoms with Crippen LogP contribution in [0.5, 0.6) is 5.75 Å². The fourth-order valence-corrected chi connectivity index (χ4v) is 4.55. The van der Waals surface area contributed by atoms with Crippen molar-refractivity contribution in [3.8, 4) is 11.8 Å². The number of hydrogen-bond donors (Lipinski definition) is 1. The van der Waals surface area contributed by atoms with Crippen molar-refractivity contribution in [3.63, 3.8) is 0 Å². The van der Waals surface area contributed by atoms with Gasteiger partial charge in [0.2, 0.25) is 5.91 Å². The summed E-state index contributed by atoms with van der Waals surface area (Å²) in [5.41, 5.74) is 2.90. The zero-order chi connectivity index (χ0) is 18.5. The number of nitrogens with zero attached hydrogens (tertiary/aromatic N) is 2. The lowest BCUT2D eigenvalue weighted by Gasteiger charge is -2.18. The maximum absolute atomic E-state index is 12.3. The topological polar surface area (TPSA) is 65.4 Å². The van der Waals surface area contributed by atoms with E-state index in [1.165, 1.54) is 4.88 Å². The summed E-state index contributed by atoms with van der Waals surface area (Å²) in [5, 5.41) is 13.1. The molecule has 0 bridgehead atoms. The first-order chi connectivity index (χ1) is 12.6. The molecule has 1 N–H and O–H groups in total. The standard InChI is InChI=1S/C20H23N3O2S/c1-23(13-14-6-3-4-8-17(14)25-2)11-10-19(24)22-20-16(12-21)15-7-5-9-18(15)26-20/h3-4,6,8H,5,7,9-11,13H2,1-2H3,(H,22,24). The van der Waals surface area contributed by atoms with Crippen molar-refractivity contribution in [2.45, 2.75) is 32.2 Å². The van der Waals surface area contributed by atoms with Crippen molar-refractivity contribution < 1.29 is 9.53 Å². The van der Waals surface area contributed by atoms with Gasteiger partial charge in [-0.15, -0.1) is 11.3 Å². The van der Waals surface area contributed by atoms with E-state index >= 15 is 0 Å². The Morgan fingerprint density at radius 3 is 2.96 bits per heavy atom. The van der Waals surface area contributed by atoms with E-state index in [0.29, 0.717) is 25.1 Å². The predicted molar refractivity (Wildman–Crippen MR) is 104 cm³/mol. The van der Waals surface area contributed by atoms with Crippen LogP contribution in [0, 0.1) is 11.3 Å². The molecular formula is C20H23N3O2S. The van der Waals surface area contributed by atoms with Crippen molar-refractivity contribution in [3.05, 3.63) is 45.8 Å². The Morgan fingerprint density at radius 2 is 2.19 bits per heavy atom. The quantitative estimate of drug-likeness (QED) is 0.810. The molecule has 1 aromatic heterocycles. The number of nitrogens with one attached hydrogen (secondary N) is 1. The van der Waals surface area contributed by atoms with Crippen molar-refractivity contribution in [2.24, 2.45) is 0 Å². The van der Waals surface area contributed by atoms with Gasteiger partial charge in [-0.05, 0) is 37.9 Å². The van der Waals surface area contributed by atoms with Gasteiger partial charge in [0.05, 0.1) is 12.7 Å². The summed E-state index contributed by atoms with van der Waals surface area (Å²) in [6.07, 6.45) is 3.47. The first-order valence-corrected chi connectivity index (χ1v) is 9.59. The summed E-state index contributed by atoms with van der Waals surface area (Å²) in [7, 11) is 3.65. The lowest BCUT2D eigenvalue weighted by Crippen LogP contribution is -2.24. The van der Waals surface area contributed by atoms with Crippen molar-refractivity contribution in [1.82, 2.24) is 4.90 Å². The number of benzene rings is 1. The van der Waals surface area contributed by atoms with Crippen molar-refractivity contribution in [1.29, 1.82) is 5.26 Å². The molecule has 0 radical (unpaired) electrons. The number of carbonyl (C=O) groups excluding carboxylic acids is 1. The highest BCUT2D eigenvalue weighted by Crippen LogP contribution is 2.38. The van der Waals surface area contributed by atoms with E-state index in [1.54, 1.807) is 18.4 Å². The molecule has 0 saturated carbocycles. The number of para-hydroxylation sites is 1. The Morgan fingerprint density at radius 1 is 1.38 bits per heavy atom. The number of aryl methyl sites for hydroxylation is 1. The van der Waals surface area contributed by atoms with Crippen molar-refractivity contribution >= 4 is 22.2 Å². The van der Waals surface area contributed by atoms with Crippen LogP contribution in [0.15, 0.2) is 24.3 Å². The van der Waals surface area contributed by atoms with Gasteiger partial charge in [-0.25, -0.2) is 0 Å². The number of carbonyl (C=O) groups is 1. The van der Waals surface area contributed by atoms with E-state index < -0.39 is 0 Å². The molecule has 1 aliphatic carbocycles. The average Bonchev–Trinajstić information content (AvgIpc) is 3.21. The predicted octanol–water partition coefficient (Wildman–Crippen LogP) is 3.58. The molecule has 5 nitrogen and oxygen atoms in total. The highest BCUT2D eigenvalue weighted by atomic mass is 32.1. The molecule has 0 spiro atoms. The summed E-state index contributed by atoms with van der Waals surface area (Å²) in [6.45, 7) is 1.35. The van der Waals surface area contributed by atoms with Gasteiger partial charge in [0.1, 0.15) is 16.8 Å². The summed E-state index contributed by atoms with van der Waals surface area (Å²) in [6, 6.07) is 10.2. The highest BCUT2D eigenvalue weighted by Gasteiger charge is 2.23. The monoisotopic (exact) mass is 369 g/mol. The van der Waals surface area contributed by atoms with E-state index in [2.05, 4.69) is 16.3 Å². The fourth-order valence-electron chi connectivity index (χ4n) is 3.30. The number of thiophene rings is 1. The lowest BCUT2D eigenvalue weighted by atomic mass is 10.1. The fraction of sp³-hybridized carbons (Fsp3) is 0.400. The summed E-state index contributed by atoms with van der Waals surface area (Å²) in [5.74, 6) is 0.809. The van der Waals surface area contributed by atoms with Gasteiger partial charge in [-0.1, -0.05) is 18.2 Å². The summed E-state index contributed by atoms with van der Waals surface area (Å²) < 4.78 is 5.37. The average molecular weight is 369 g/mol. The third-order valence-electron chi connectivity index (χ3n) is 4.64. The third-order valence-corrected chi connectivity index (χ3v) is 5.85.